The van der Waals surface area contributed by atoms with Crippen LogP contribution in [0.5, 0.6) is 0 Å². The molecule has 144 valence electrons. The number of rotatable bonds is 3. The van der Waals surface area contributed by atoms with Crippen molar-refractivity contribution in [2.75, 3.05) is 7.05 Å². The topological polar surface area (TPSA) is 42.3 Å². The van der Waals surface area contributed by atoms with Gasteiger partial charge in [-0.2, -0.15) is 13.2 Å². The molecule has 1 aliphatic rings. The van der Waals surface area contributed by atoms with E-state index in [4.69, 9.17) is 11.6 Å². The van der Waals surface area contributed by atoms with E-state index < -0.39 is 34.8 Å². The molecule has 1 atom stereocenters. The minimum absolute atomic E-state index is 0.167. The number of benzene rings is 1. The number of likely N-dealkylation sites (N-methyl/N-ethyl adjacent to an activating group) is 1. The Balaban J connectivity index is 1.86. The number of hydrogen-bond donors (Lipinski definition) is 0. The molecule has 0 aliphatic heterocycles. The lowest BCUT2D eigenvalue weighted by Crippen LogP contribution is -2.38. The van der Waals surface area contributed by atoms with Gasteiger partial charge in [0.25, 0.3) is 5.56 Å². The maximum Gasteiger partial charge on any atom is 0.417 e. The number of alkyl halides is 3. The van der Waals surface area contributed by atoms with Crippen LogP contribution in [0.3, 0.4) is 0 Å². The SMILES string of the molecule is CN(C(=O)Cn1cc(C(F)(F)F)cc(Cl)c1=O)C1CCCc2ccccc21. The molecule has 1 heterocycles. The fourth-order valence-corrected chi connectivity index (χ4v) is 3.66. The molecule has 3 rings (SSSR count). The number of halogens is 4. The quantitative estimate of drug-likeness (QED) is 0.782. The highest BCUT2D eigenvalue weighted by Crippen LogP contribution is 2.34. The maximum absolute atomic E-state index is 13.0. The molecule has 0 radical (unpaired) electrons. The number of fused-ring (bicyclic) bond motifs is 1. The second kappa shape index (κ2) is 7.38. The Morgan fingerprint density at radius 3 is 2.74 bits per heavy atom. The molecule has 0 fully saturated rings. The van der Waals surface area contributed by atoms with E-state index in [9.17, 15) is 22.8 Å². The molecule has 0 saturated heterocycles. The van der Waals surface area contributed by atoms with Crippen LogP contribution in [0.2, 0.25) is 5.02 Å². The summed E-state index contributed by atoms with van der Waals surface area (Å²) < 4.78 is 39.6. The number of aromatic nitrogens is 1. The zero-order valence-electron chi connectivity index (χ0n) is 14.6. The van der Waals surface area contributed by atoms with Crippen LogP contribution in [0.1, 0.15) is 35.6 Å². The van der Waals surface area contributed by atoms with Crippen LogP contribution in [0.15, 0.2) is 41.3 Å². The predicted molar refractivity (Wildman–Crippen MR) is 95.6 cm³/mol. The van der Waals surface area contributed by atoms with Gasteiger partial charge < -0.3 is 9.47 Å². The monoisotopic (exact) mass is 398 g/mol. The summed E-state index contributed by atoms with van der Waals surface area (Å²) in [5.74, 6) is -0.450. The van der Waals surface area contributed by atoms with Crippen molar-refractivity contribution in [2.24, 2.45) is 0 Å². The molecule has 2 aromatic rings. The van der Waals surface area contributed by atoms with Gasteiger partial charge in [0.15, 0.2) is 0 Å². The second-order valence-corrected chi connectivity index (χ2v) is 7.03. The molecule has 4 nitrogen and oxygen atoms in total. The van der Waals surface area contributed by atoms with E-state index in [-0.39, 0.29) is 6.04 Å². The fraction of sp³-hybridized carbons (Fsp3) is 0.368. The lowest BCUT2D eigenvalue weighted by Gasteiger charge is -2.33. The van der Waals surface area contributed by atoms with Crippen molar-refractivity contribution in [3.63, 3.8) is 0 Å². The summed E-state index contributed by atoms with van der Waals surface area (Å²) in [6.45, 7) is -0.502. The number of aryl methyl sites for hydroxylation is 1. The van der Waals surface area contributed by atoms with E-state index in [0.717, 1.165) is 35.0 Å². The van der Waals surface area contributed by atoms with Crippen molar-refractivity contribution in [2.45, 2.75) is 38.0 Å². The summed E-state index contributed by atoms with van der Waals surface area (Å²) in [7, 11) is 1.61. The summed E-state index contributed by atoms with van der Waals surface area (Å²) in [5.41, 5.74) is 0.308. The Hall–Kier alpha value is -2.28. The van der Waals surface area contributed by atoms with Gasteiger partial charge in [0.1, 0.15) is 11.6 Å². The van der Waals surface area contributed by atoms with Crippen LogP contribution in [-0.2, 0) is 23.9 Å². The molecule has 0 saturated carbocycles. The van der Waals surface area contributed by atoms with Crippen LogP contribution in [-0.4, -0.2) is 22.4 Å². The average Bonchev–Trinajstić information content (AvgIpc) is 2.63. The first-order chi connectivity index (χ1) is 12.7. The highest BCUT2D eigenvalue weighted by Gasteiger charge is 2.33. The second-order valence-electron chi connectivity index (χ2n) is 6.62. The molecule has 8 heteroatoms. The number of pyridine rings is 1. The van der Waals surface area contributed by atoms with Crippen molar-refractivity contribution in [3.05, 3.63) is 68.6 Å². The smallest absolute Gasteiger partial charge is 0.337 e. The summed E-state index contributed by atoms with van der Waals surface area (Å²) in [6.07, 6.45) is -1.42. The van der Waals surface area contributed by atoms with E-state index in [2.05, 4.69) is 0 Å². The molecular weight excluding hydrogens is 381 g/mol. The van der Waals surface area contributed by atoms with Gasteiger partial charge in [-0.3, -0.25) is 9.59 Å². The maximum atomic E-state index is 13.0. The number of nitrogens with zero attached hydrogens (tertiary/aromatic N) is 2. The van der Waals surface area contributed by atoms with Crippen LogP contribution < -0.4 is 5.56 Å². The summed E-state index contributed by atoms with van der Waals surface area (Å²) >= 11 is 5.65. The van der Waals surface area contributed by atoms with Gasteiger partial charge in [-0.15, -0.1) is 0 Å². The van der Waals surface area contributed by atoms with Gasteiger partial charge in [0, 0.05) is 13.2 Å². The molecule has 1 aromatic carbocycles. The molecule has 1 amide bonds. The molecule has 1 aliphatic carbocycles. The zero-order chi connectivity index (χ0) is 19.8. The molecule has 0 bridgehead atoms. The molecular formula is C19H18ClF3N2O2. The molecule has 0 spiro atoms. The van der Waals surface area contributed by atoms with Crippen LogP contribution in [0.4, 0.5) is 13.2 Å². The third-order valence-electron chi connectivity index (χ3n) is 4.87. The summed E-state index contributed by atoms with van der Waals surface area (Å²) in [6, 6.07) is 8.21. The standard InChI is InChI=1S/C19H18ClF3N2O2/c1-24(16-8-4-6-12-5-2-3-7-14(12)16)17(26)11-25-10-13(19(21,22)23)9-15(20)18(25)27/h2-3,5,7,9-10,16H,4,6,8,11H2,1H3. The Bertz CT molecular complexity index is 924. The Morgan fingerprint density at radius 1 is 1.33 bits per heavy atom. The summed E-state index contributed by atoms with van der Waals surface area (Å²) in [5, 5.41) is -0.566. The minimum Gasteiger partial charge on any atom is -0.337 e. The van der Waals surface area contributed by atoms with Gasteiger partial charge in [-0.1, -0.05) is 35.9 Å². The molecule has 1 unspecified atom stereocenters. The highest BCUT2D eigenvalue weighted by atomic mass is 35.5. The Kier molecular flexibility index (Phi) is 5.33. The van der Waals surface area contributed by atoms with E-state index in [1.807, 2.05) is 24.3 Å². The first kappa shape index (κ1) is 19.5. The lowest BCUT2D eigenvalue weighted by molar-refractivity contribution is -0.139. The van der Waals surface area contributed by atoms with Gasteiger partial charge in [0.2, 0.25) is 5.91 Å². The van der Waals surface area contributed by atoms with Gasteiger partial charge in [-0.05, 0) is 36.5 Å². The van der Waals surface area contributed by atoms with Gasteiger partial charge in [0.05, 0.1) is 11.6 Å². The van der Waals surface area contributed by atoms with Crippen LogP contribution >= 0.6 is 11.6 Å². The van der Waals surface area contributed by atoms with Crippen molar-refractivity contribution in [1.82, 2.24) is 9.47 Å². The summed E-state index contributed by atoms with van der Waals surface area (Å²) in [4.78, 5) is 26.3. The van der Waals surface area contributed by atoms with E-state index in [1.54, 1.807) is 7.05 Å². The number of carbonyl (C=O) groups excluding carboxylic acids is 1. The first-order valence-corrected chi connectivity index (χ1v) is 8.87. The van der Waals surface area contributed by atoms with Gasteiger partial charge in [-0.25, -0.2) is 0 Å². The van der Waals surface area contributed by atoms with Crippen LogP contribution in [0.25, 0.3) is 0 Å². The third-order valence-corrected chi connectivity index (χ3v) is 5.14. The first-order valence-electron chi connectivity index (χ1n) is 8.49. The average molecular weight is 399 g/mol. The lowest BCUT2D eigenvalue weighted by atomic mass is 9.87. The number of amides is 1. The van der Waals surface area contributed by atoms with Crippen molar-refractivity contribution < 1.29 is 18.0 Å². The van der Waals surface area contributed by atoms with E-state index in [0.29, 0.717) is 12.3 Å². The molecule has 1 aromatic heterocycles. The zero-order valence-corrected chi connectivity index (χ0v) is 15.3. The number of hydrogen-bond acceptors (Lipinski definition) is 2. The predicted octanol–water partition coefficient (Wildman–Crippen LogP) is 4.06. The minimum atomic E-state index is -4.66. The largest absolute Gasteiger partial charge is 0.417 e. The van der Waals surface area contributed by atoms with Crippen molar-refractivity contribution >= 4 is 17.5 Å². The highest BCUT2D eigenvalue weighted by molar-refractivity contribution is 6.30. The van der Waals surface area contributed by atoms with Crippen molar-refractivity contribution in [3.8, 4) is 0 Å². The molecule has 27 heavy (non-hydrogen) atoms. The van der Waals surface area contributed by atoms with Crippen LogP contribution in [0, 0.1) is 0 Å². The normalized spacial score (nSPS) is 16.7. The Morgan fingerprint density at radius 2 is 2.04 bits per heavy atom. The van der Waals surface area contributed by atoms with E-state index in [1.165, 1.54) is 4.90 Å². The fourth-order valence-electron chi connectivity index (χ4n) is 3.43. The van der Waals surface area contributed by atoms with Gasteiger partial charge >= 0.3 is 6.18 Å². The Labute approximate surface area is 159 Å². The molecule has 0 N–H and O–H groups in total. The van der Waals surface area contributed by atoms with Crippen molar-refractivity contribution in [1.29, 1.82) is 0 Å². The third kappa shape index (κ3) is 4.03. The van der Waals surface area contributed by atoms with E-state index >= 15 is 0 Å². The number of carbonyl (C=O) groups is 1.